The molecule has 3 heteroatoms. The summed E-state index contributed by atoms with van der Waals surface area (Å²) in [5.41, 5.74) is 0. The predicted octanol–water partition coefficient (Wildman–Crippen LogP) is 2.81. The number of benzene rings is 1. The van der Waals surface area contributed by atoms with Gasteiger partial charge >= 0.3 is 0 Å². The lowest BCUT2D eigenvalue weighted by Crippen LogP contribution is -2.19. The standard InChI is InChI=1S/C12H16INO/c13-11-4-1-2-5-12(11)15-9-3-8-14-10-6-7-10/h1-2,4-5,10,14H,3,6-9H2. The summed E-state index contributed by atoms with van der Waals surface area (Å²) in [5.74, 6) is 1.00. The molecule has 1 aromatic rings. The van der Waals surface area contributed by atoms with Gasteiger partial charge in [0, 0.05) is 6.04 Å². The molecule has 0 unspecified atom stereocenters. The number of ether oxygens (including phenoxy) is 1. The lowest BCUT2D eigenvalue weighted by Gasteiger charge is -2.08. The van der Waals surface area contributed by atoms with Gasteiger partial charge in [0.15, 0.2) is 0 Å². The molecule has 82 valence electrons. The van der Waals surface area contributed by atoms with Crippen LogP contribution in [0.5, 0.6) is 5.75 Å². The molecule has 1 saturated carbocycles. The first kappa shape index (κ1) is 11.2. The molecule has 0 amide bonds. The molecule has 2 nitrogen and oxygen atoms in total. The lowest BCUT2D eigenvalue weighted by atomic mass is 10.3. The molecular weight excluding hydrogens is 301 g/mol. The molecule has 1 aliphatic rings. The summed E-state index contributed by atoms with van der Waals surface area (Å²) < 4.78 is 6.88. The van der Waals surface area contributed by atoms with E-state index in [1.807, 2.05) is 18.2 Å². The van der Waals surface area contributed by atoms with Gasteiger partial charge in [-0.25, -0.2) is 0 Å². The molecule has 0 radical (unpaired) electrons. The highest BCUT2D eigenvalue weighted by Crippen LogP contribution is 2.20. The van der Waals surface area contributed by atoms with Crippen LogP contribution in [0.15, 0.2) is 24.3 Å². The highest BCUT2D eigenvalue weighted by molar-refractivity contribution is 14.1. The summed E-state index contributed by atoms with van der Waals surface area (Å²) in [7, 11) is 0. The number of rotatable bonds is 6. The van der Waals surface area contributed by atoms with E-state index in [-0.39, 0.29) is 0 Å². The van der Waals surface area contributed by atoms with E-state index in [2.05, 4.69) is 34.0 Å². The van der Waals surface area contributed by atoms with Gasteiger partial charge in [-0.05, 0) is 60.5 Å². The van der Waals surface area contributed by atoms with E-state index in [4.69, 9.17) is 4.74 Å². The third-order valence-electron chi connectivity index (χ3n) is 2.43. The summed E-state index contributed by atoms with van der Waals surface area (Å²) in [6.07, 6.45) is 3.80. The SMILES string of the molecule is Ic1ccccc1OCCCNC1CC1. The summed E-state index contributed by atoms with van der Waals surface area (Å²) in [4.78, 5) is 0. The quantitative estimate of drug-likeness (QED) is 0.643. The number of hydrogen-bond donors (Lipinski definition) is 1. The van der Waals surface area contributed by atoms with Gasteiger partial charge in [-0.15, -0.1) is 0 Å². The Morgan fingerprint density at radius 1 is 1.33 bits per heavy atom. The van der Waals surface area contributed by atoms with Crippen molar-refractivity contribution >= 4 is 22.6 Å². The van der Waals surface area contributed by atoms with Crippen LogP contribution in [0, 0.1) is 3.57 Å². The van der Waals surface area contributed by atoms with E-state index in [1.165, 1.54) is 16.4 Å². The maximum absolute atomic E-state index is 5.69. The lowest BCUT2D eigenvalue weighted by molar-refractivity contribution is 0.306. The van der Waals surface area contributed by atoms with Crippen LogP contribution in [-0.2, 0) is 0 Å². The topological polar surface area (TPSA) is 21.3 Å². The summed E-state index contributed by atoms with van der Waals surface area (Å²) >= 11 is 2.30. The van der Waals surface area contributed by atoms with Crippen LogP contribution in [0.25, 0.3) is 0 Å². The minimum absolute atomic E-state index is 0.805. The van der Waals surface area contributed by atoms with Crippen LogP contribution in [0.2, 0.25) is 0 Å². The number of nitrogens with one attached hydrogen (secondary N) is 1. The van der Waals surface area contributed by atoms with Crippen molar-refractivity contribution in [2.24, 2.45) is 0 Å². The molecule has 0 saturated heterocycles. The third kappa shape index (κ3) is 3.99. The maximum atomic E-state index is 5.69. The molecular formula is C12H16INO. The molecule has 1 fully saturated rings. The molecule has 0 spiro atoms. The van der Waals surface area contributed by atoms with Crippen LogP contribution in [0.3, 0.4) is 0 Å². The second-order valence-corrected chi connectivity index (χ2v) is 5.02. The number of halogens is 1. The van der Waals surface area contributed by atoms with Crippen molar-refractivity contribution < 1.29 is 4.74 Å². The predicted molar refractivity (Wildman–Crippen MR) is 70.3 cm³/mol. The van der Waals surface area contributed by atoms with Crippen molar-refractivity contribution in [1.82, 2.24) is 5.32 Å². The Labute approximate surface area is 105 Å². The van der Waals surface area contributed by atoms with Crippen LogP contribution >= 0.6 is 22.6 Å². The summed E-state index contributed by atoms with van der Waals surface area (Å²) in [6, 6.07) is 8.94. The fourth-order valence-electron chi connectivity index (χ4n) is 1.41. The van der Waals surface area contributed by atoms with E-state index in [0.29, 0.717) is 0 Å². The van der Waals surface area contributed by atoms with Gasteiger partial charge in [-0.2, -0.15) is 0 Å². The molecule has 15 heavy (non-hydrogen) atoms. The first-order chi connectivity index (χ1) is 7.36. The highest BCUT2D eigenvalue weighted by Gasteiger charge is 2.19. The first-order valence-electron chi connectivity index (χ1n) is 5.47. The van der Waals surface area contributed by atoms with Gasteiger partial charge in [0.1, 0.15) is 5.75 Å². The molecule has 1 N–H and O–H groups in total. The first-order valence-corrected chi connectivity index (χ1v) is 6.55. The smallest absolute Gasteiger partial charge is 0.132 e. The summed E-state index contributed by atoms with van der Waals surface area (Å²) in [6.45, 7) is 1.88. The number of hydrogen-bond acceptors (Lipinski definition) is 2. The van der Waals surface area contributed by atoms with Crippen molar-refractivity contribution in [3.05, 3.63) is 27.8 Å². The minimum atomic E-state index is 0.805. The van der Waals surface area contributed by atoms with Crippen LogP contribution < -0.4 is 10.1 Å². The Kier molecular flexibility index (Phi) is 4.26. The zero-order valence-corrected chi connectivity index (χ0v) is 10.9. The minimum Gasteiger partial charge on any atom is -0.492 e. The average molecular weight is 317 g/mol. The highest BCUT2D eigenvalue weighted by atomic mass is 127. The van der Waals surface area contributed by atoms with E-state index in [0.717, 1.165) is 31.4 Å². The largest absolute Gasteiger partial charge is 0.492 e. The van der Waals surface area contributed by atoms with Crippen LogP contribution in [0.4, 0.5) is 0 Å². The number of para-hydroxylation sites is 1. The van der Waals surface area contributed by atoms with E-state index in [9.17, 15) is 0 Å². The van der Waals surface area contributed by atoms with Gasteiger partial charge in [0.05, 0.1) is 10.2 Å². The van der Waals surface area contributed by atoms with Crippen LogP contribution in [-0.4, -0.2) is 19.2 Å². The molecule has 0 heterocycles. The molecule has 2 rings (SSSR count). The normalized spacial score (nSPS) is 15.3. The molecule has 0 bridgehead atoms. The Balaban J connectivity index is 1.62. The Bertz CT molecular complexity index is 312. The van der Waals surface area contributed by atoms with Gasteiger partial charge in [-0.1, -0.05) is 12.1 Å². The van der Waals surface area contributed by atoms with E-state index < -0.39 is 0 Å². The molecule has 1 aliphatic carbocycles. The van der Waals surface area contributed by atoms with Crippen LogP contribution in [0.1, 0.15) is 19.3 Å². The van der Waals surface area contributed by atoms with Crippen molar-refractivity contribution in [3.63, 3.8) is 0 Å². The molecule has 1 aromatic carbocycles. The van der Waals surface area contributed by atoms with Gasteiger partial charge < -0.3 is 10.1 Å². The van der Waals surface area contributed by atoms with Crippen molar-refractivity contribution in [3.8, 4) is 5.75 Å². The van der Waals surface area contributed by atoms with Crippen molar-refractivity contribution in [2.45, 2.75) is 25.3 Å². The second-order valence-electron chi connectivity index (χ2n) is 3.86. The van der Waals surface area contributed by atoms with Gasteiger partial charge in [0.25, 0.3) is 0 Å². The summed E-state index contributed by atoms with van der Waals surface area (Å²) in [5, 5.41) is 3.48. The molecule has 0 aromatic heterocycles. The van der Waals surface area contributed by atoms with Crippen molar-refractivity contribution in [1.29, 1.82) is 0 Å². The maximum Gasteiger partial charge on any atom is 0.132 e. The monoisotopic (exact) mass is 317 g/mol. The zero-order valence-electron chi connectivity index (χ0n) is 8.71. The third-order valence-corrected chi connectivity index (χ3v) is 3.32. The second kappa shape index (κ2) is 5.70. The Morgan fingerprint density at radius 2 is 2.13 bits per heavy atom. The van der Waals surface area contributed by atoms with E-state index in [1.54, 1.807) is 0 Å². The Morgan fingerprint density at radius 3 is 2.87 bits per heavy atom. The zero-order chi connectivity index (χ0) is 10.5. The fourth-order valence-corrected chi connectivity index (χ4v) is 1.95. The van der Waals surface area contributed by atoms with E-state index >= 15 is 0 Å². The Hall–Kier alpha value is -0.290. The average Bonchev–Trinajstić information content (AvgIpc) is 3.04. The van der Waals surface area contributed by atoms with Gasteiger partial charge in [0.2, 0.25) is 0 Å². The van der Waals surface area contributed by atoms with Gasteiger partial charge in [-0.3, -0.25) is 0 Å². The molecule has 0 atom stereocenters. The van der Waals surface area contributed by atoms with Crippen molar-refractivity contribution in [2.75, 3.05) is 13.2 Å². The fraction of sp³-hybridized carbons (Fsp3) is 0.500. The molecule has 0 aliphatic heterocycles.